The molecule has 2 aromatic rings. The smallest absolute Gasteiger partial charge is 0.111 e. The minimum Gasteiger partial charge on any atom is -0.111 e. The third-order valence-corrected chi connectivity index (χ3v) is 6.54. The molecule has 0 aliphatic carbocycles. The molecule has 0 saturated heterocycles. The first kappa shape index (κ1) is 14.6. The van der Waals surface area contributed by atoms with Crippen LogP contribution in [0, 0.1) is 0 Å². The number of fused-ring (bicyclic) bond motifs is 1. The van der Waals surface area contributed by atoms with E-state index in [0.717, 1.165) is 0 Å². The van der Waals surface area contributed by atoms with E-state index in [4.69, 9.17) is 11.8 Å². The third-order valence-electron chi connectivity index (χ3n) is 3.24. The molecule has 2 aromatic carbocycles. The second-order valence-electron chi connectivity index (χ2n) is 5.34. The van der Waals surface area contributed by atoms with E-state index in [1.807, 2.05) is 0 Å². The van der Waals surface area contributed by atoms with Crippen LogP contribution in [0.5, 0.6) is 0 Å². The predicted molar refractivity (Wildman–Crippen MR) is 90.0 cm³/mol. The molecule has 1 nitrogen and oxygen atoms in total. The Kier molecular flexibility index (Phi) is 4.67. The van der Waals surface area contributed by atoms with Crippen LogP contribution in [0.3, 0.4) is 0 Å². The molecule has 0 aromatic heterocycles. The van der Waals surface area contributed by atoms with Gasteiger partial charge in [0.25, 0.3) is 0 Å². The molecule has 0 saturated carbocycles. The summed E-state index contributed by atoms with van der Waals surface area (Å²) in [6.45, 7) is 8.21. The second-order valence-corrected chi connectivity index (χ2v) is 7.87. The molecule has 0 radical (unpaired) electrons. The van der Waals surface area contributed by atoms with E-state index in [2.05, 4.69) is 74.8 Å². The first-order chi connectivity index (χ1) is 9.02. The van der Waals surface area contributed by atoms with E-state index in [1.54, 1.807) is 0 Å². The average Bonchev–Trinajstić information content (AvgIpc) is 2.37. The first-order valence-corrected chi connectivity index (χ1v) is 9.06. The van der Waals surface area contributed by atoms with E-state index in [0.29, 0.717) is 12.1 Å². The van der Waals surface area contributed by atoms with Crippen LogP contribution in [0.1, 0.15) is 27.7 Å². The topological polar surface area (TPSA) is 3.24 Å². The Morgan fingerprint density at radius 3 is 2.11 bits per heavy atom. The zero-order valence-corrected chi connectivity index (χ0v) is 13.7. The molecule has 3 heteroatoms. The van der Waals surface area contributed by atoms with Gasteiger partial charge in [-0.15, -0.1) is 4.67 Å². The van der Waals surface area contributed by atoms with Crippen molar-refractivity contribution < 1.29 is 0 Å². The van der Waals surface area contributed by atoms with Gasteiger partial charge in [0.1, 0.15) is 0 Å². The lowest BCUT2D eigenvalue weighted by molar-refractivity contribution is 0.330. The van der Waals surface area contributed by atoms with Crippen LogP contribution in [-0.4, -0.2) is 16.8 Å². The fourth-order valence-corrected chi connectivity index (χ4v) is 5.84. The van der Waals surface area contributed by atoms with Gasteiger partial charge in [0.2, 0.25) is 0 Å². The van der Waals surface area contributed by atoms with Gasteiger partial charge in [-0.25, -0.2) is 0 Å². The van der Waals surface area contributed by atoms with Crippen LogP contribution >= 0.6 is 6.85 Å². The largest absolute Gasteiger partial charge is 0.307 e. The lowest BCUT2D eigenvalue weighted by Gasteiger charge is -2.21. The molecule has 0 N–H and O–H groups in total. The van der Waals surface area contributed by atoms with Crippen molar-refractivity contribution >= 4 is 34.7 Å². The van der Waals surface area contributed by atoms with E-state index >= 15 is 0 Å². The number of benzene rings is 2. The summed E-state index contributed by atoms with van der Waals surface area (Å²) >= 11 is 5.90. The van der Waals surface area contributed by atoms with Crippen LogP contribution in [0.15, 0.2) is 42.5 Å². The third kappa shape index (κ3) is 3.02. The second kappa shape index (κ2) is 6.09. The van der Waals surface area contributed by atoms with Gasteiger partial charge >= 0.3 is 6.85 Å². The van der Waals surface area contributed by atoms with Crippen molar-refractivity contribution in [3.63, 3.8) is 0 Å². The Labute approximate surface area is 122 Å². The molecule has 1 atom stereocenters. The highest BCUT2D eigenvalue weighted by Crippen LogP contribution is 2.34. The van der Waals surface area contributed by atoms with Crippen molar-refractivity contribution in [1.29, 1.82) is 0 Å². The summed E-state index contributed by atoms with van der Waals surface area (Å²) < 4.78 is 2.45. The monoisotopic (exact) mass is 290 g/mol. The number of hydrogen-bond donors (Lipinski definition) is 0. The molecule has 0 aliphatic rings. The molecule has 0 fully saturated rings. The van der Waals surface area contributed by atoms with Crippen LogP contribution in [0.2, 0.25) is 0 Å². The molecular weight excluding hydrogens is 269 g/mol. The van der Waals surface area contributed by atoms with Gasteiger partial charge in [-0.1, -0.05) is 30.3 Å². The summed E-state index contributed by atoms with van der Waals surface area (Å²) in [7, 11) is 0. The van der Waals surface area contributed by atoms with Crippen LogP contribution in [0.25, 0.3) is 10.8 Å². The maximum absolute atomic E-state index is 5.90. The van der Waals surface area contributed by atoms with Gasteiger partial charge in [0, 0.05) is 17.5 Å². The van der Waals surface area contributed by atoms with E-state index in [-0.39, 0.29) is 0 Å². The molecule has 0 bridgehead atoms. The standard InChI is InChI=1S/C16H21NPS/c1-12(2)17(13(3)4)18(19)16-11-7-9-14-8-5-6-10-15(14)16/h5-13H,1-4H3/q+1. The fraction of sp³-hybridized carbons (Fsp3) is 0.375. The van der Waals surface area contributed by atoms with Crippen LogP contribution in [0.4, 0.5) is 0 Å². The van der Waals surface area contributed by atoms with E-state index in [1.165, 1.54) is 16.1 Å². The minimum absolute atomic E-state index is 0.475. The fourth-order valence-electron chi connectivity index (χ4n) is 2.52. The molecule has 2 rings (SSSR count). The molecule has 0 aliphatic heterocycles. The Hall–Kier alpha value is -0.820. The molecule has 0 spiro atoms. The van der Waals surface area contributed by atoms with Gasteiger partial charge in [-0.2, -0.15) is 0 Å². The van der Waals surface area contributed by atoms with Crippen molar-refractivity contribution in [3.05, 3.63) is 42.5 Å². The van der Waals surface area contributed by atoms with Gasteiger partial charge in [-0.3, -0.25) is 0 Å². The van der Waals surface area contributed by atoms with Gasteiger partial charge in [0.15, 0.2) is 17.1 Å². The van der Waals surface area contributed by atoms with Crippen molar-refractivity contribution in [2.24, 2.45) is 0 Å². The zero-order chi connectivity index (χ0) is 14.0. The van der Waals surface area contributed by atoms with Crippen LogP contribution in [-0.2, 0) is 11.8 Å². The van der Waals surface area contributed by atoms with Crippen molar-refractivity contribution in [2.45, 2.75) is 39.8 Å². The molecule has 100 valence electrons. The van der Waals surface area contributed by atoms with Gasteiger partial charge in [-0.05, 0) is 45.2 Å². The van der Waals surface area contributed by atoms with Gasteiger partial charge < -0.3 is 0 Å². The zero-order valence-electron chi connectivity index (χ0n) is 12.0. The quantitative estimate of drug-likeness (QED) is 0.766. The van der Waals surface area contributed by atoms with Crippen molar-refractivity contribution in [1.82, 2.24) is 4.67 Å². The highest BCUT2D eigenvalue weighted by atomic mass is 32.4. The lowest BCUT2D eigenvalue weighted by Crippen LogP contribution is -2.32. The van der Waals surface area contributed by atoms with E-state index in [9.17, 15) is 0 Å². The van der Waals surface area contributed by atoms with Gasteiger partial charge in [0.05, 0.1) is 0 Å². The molecular formula is C16H21NPS+. The Bertz CT molecular complexity index is 579. The van der Waals surface area contributed by atoms with Crippen LogP contribution < -0.4 is 5.30 Å². The maximum Gasteiger partial charge on any atom is 0.307 e. The first-order valence-electron chi connectivity index (χ1n) is 6.75. The normalized spacial score (nSPS) is 12.7. The minimum atomic E-state index is -0.701. The summed E-state index contributed by atoms with van der Waals surface area (Å²) in [5, 5.41) is 3.90. The molecule has 1 unspecified atom stereocenters. The lowest BCUT2D eigenvalue weighted by atomic mass is 10.1. The summed E-state index contributed by atoms with van der Waals surface area (Å²) in [5.41, 5.74) is 0. The van der Waals surface area contributed by atoms with Crippen molar-refractivity contribution in [2.75, 3.05) is 0 Å². The summed E-state index contributed by atoms with van der Waals surface area (Å²) in [5.74, 6) is 0. The highest BCUT2D eigenvalue weighted by Gasteiger charge is 2.31. The molecule has 19 heavy (non-hydrogen) atoms. The average molecular weight is 290 g/mol. The number of hydrogen-bond acceptors (Lipinski definition) is 1. The number of rotatable bonds is 4. The Balaban J connectivity index is 2.52. The highest BCUT2D eigenvalue weighted by molar-refractivity contribution is 8.07. The summed E-state index contributed by atoms with van der Waals surface area (Å²) in [6, 6.07) is 15.9. The maximum atomic E-state index is 5.90. The van der Waals surface area contributed by atoms with E-state index < -0.39 is 6.85 Å². The SMILES string of the molecule is CC(C)N(C(C)C)[P+](=S)c1cccc2ccccc12. The summed E-state index contributed by atoms with van der Waals surface area (Å²) in [4.78, 5) is 0. The summed E-state index contributed by atoms with van der Waals surface area (Å²) in [6.07, 6.45) is 0. The Morgan fingerprint density at radius 1 is 0.895 bits per heavy atom. The predicted octanol–water partition coefficient (Wildman–Crippen LogP) is 4.44. The molecule has 0 amide bonds. The molecule has 0 heterocycles. The van der Waals surface area contributed by atoms with Crippen molar-refractivity contribution in [3.8, 4) is 0 Å². The number of nitrogens with zero attached hydrogens (tertiary/aromatic N) is 1. The Morgan fingerprint density at radius 2 is 1.47 bits per heavy atom.